The van der Waals surface area contributed by atoms with Crippen LogP contribution in [0.15, 0.2) is 36.8 Å². The number of carbonyl (C=O) groups excluding carboxylic acids is 2. The van der Waals surface area contributed by atoms with Crippen molar-refractivity contribution < 1.29 is 19.4 Å². The second kappa shape index (κ2) is 11.0. The molecule has 2 aliphatic rings. The van der Waals surface area contributed by atoms with Gasteiger partial charge in [-0.3, -0.25) is 9.78 Å². The van der Waals surface area contributed by atoms with E-state index in [1.165, 1.54) is 0 Å². The number of nitrogens with zero attached hydrogens (tertiary/aromatic N) is 4. The number of rotatable bonds is 6. The summed E-state index contributed by atoms with van der Waals surface area (Å²) in [6, 6.07) is 5.23. The van der Waals surface area contributed by atoms with Gasteiger partial charge in [0.2, 0.25) is 5.88 Å². The lowest BCUT2D eigenvalue weighted by molar-refractivity contribution is 0.0351. The molecule has 1 fully saturated rings. The zero-order valence-electron chi connectivity index (χ0n) is 20.7. The number of amides is 3. The Morgan fingerprint density at radius 1 is 1.29 bits per heavy atom. The van der Waals surface area contributed by atoms with Crippen LogP contribution in [0.25, 0.3) is 11.1 Å². The highest BCUT2D eigenvalue weighted by Crippen LogP contribution is 2.30. The summed E-state index contributed by atoms with van der Waals surface area (Å²) in [6.45, 7) is 4.41. The van der Waals surface area contributed by atoms with Crippen LogP contribution in [0.2, 0.25) is 0 Å². The Morgan fingerprint density at radius 2 is 2.00 bits per heavy atom. The van der Waals surface area contributed by atoms with E-state index in [-0.39, 0.29) is 48.5 Å². The minimum atomic E-state index is -0.381. The van der Waals surface area contributed by atoms with Gasteiger partial charge in [-0.05, 0) is 43.5 Å². The van der Waals surface area contributed by atoms with Crippen molar-refractivity contribution in [1.29, 1.82) is 0 Å². The molecule has 0 radical (unpaired) electrons. The number of nitrogens with one attached hydrogen (secondary N) is 1. The predicted octanol–water partition coefficient (Wildman–Crippen LogP) is 2.95. The van der Waals surface area contributed by atoms with Crippen molar-refractivity contribution in [2.75, 3.05) is 26.7 Å². The first-order valence-corrected chi connectivity index (χ1v) is 12.4. The third kappa shape index (κ3) is 5.73. The van der Waals surface area contributed by atoms with E-state index >= 15 is 0 Å². The minimum Gasteiger partial charge on any atom is -0.472 e. The van der Waals surface area contributed by atoms with E-state index < -0.39 is 0 Å². The van der Waals surface area contributed by atoms with E-state index in [0.717, 1.165) is 36.8 Å². The zero-order chi connectivity index (χ0) is 24.9. The third-order valence-corrected chi connectivity index (χ3v) is 7.02. The lowest BCUT2D eigenvalue weighted by atomic mass is 9.99. The average molecular weight is 482 g/mol. The monoisotopic (exact) mass is 481 g/mol. The second-order valence-corrected chi connectivity index (χ2v) is 9.75. The first kappa shape index (κ1) is 24.9. The Morgan fingerprint density at radius 3 is 2.69 bits per heavy atom. The first-order chi connectivity index (χ1) is 16.9. The van der Waals surface area contributed by atoms with E-state index in [1.54, 1.807) is 41.5 Å². The van der Waals surface area contributed by atoms with Crippen molar-refractivity contribution in [3.63, 3.8) is 0 Å². The third-order valence-electron chi connectivity index (χ3n) is 7.02. The Hall–Kier alpha value is -3.20. The number of urea groups is 1. The van der Waals surface area contributed by atoms with Crippen molar-refractivity contribution in [2.24, 2.45) is 5.92 Å². The van der Waals surface area contributed by atoms with Crippen LogP contribution in [-0.2, 0) is 0 Å². The van der Waals surface area contributed by atoms with Crippen LogP contribution in [0.3, 0.4) is 0 Å². The van der Waals surface area contributed by atoms with Crippen LogP contribution in [0.5, 0.6) is 5.88 Å². The summed E-state index contributed by atoms with van der Waals surface area (Å²) in [7, 11) is 1.76. The molecule has 188 valence electrons. The lowest BCUT2D eigenvalue weighted by Gasteiger charge is -2.37. The van der Waals surface area contributed by atoms with Gasteiger partial charge >= 0.3 is 6.03 Å². The molecule has 0 saturated heterocycles. The van der Waals surface area contributed by atoms with E-state index in [9.17, 15) is 14.7 Å². The van der Waals surface area contributed by atoms with Gasteiger partial charge < -0.3 is 25.0 Å². The van der Waals surface area contributed by atoms with Crippen molar-refractivity contribution in [2.45, 2.75) is 57.7 Å². The maximum atomic E-state index is 13.6. The largest absolute Gasteiger partial charge is 0.472 e. The van der Waals surface area contributed by atoms with Crippen LogP contribution in [-0.4, -0.2) is 81.7 Å². The molecule has 2 aromatic rings. The fraction of sp³-hybridized carbons (Fsp3) is 0.538. The molecule has 3 heterocycles. The number of ether oxygens (including phenoxy) is 1. The normalized spacial score (nSPS) is 21.5. The van der Waals surface area contributed by atoms with Crippen LogP contribution >= 0.6 is 0 Å². The molecule has 2 aromatic heterocycles. The topological polar surface area (TPSA) is 108 Å². The summed E-state index contributed by atoms with van der Waals surface area (Å²) in [4.78, 5) is 38.2. The van der Waals surface area contributed by atoms with Crippen LogP contribution in [0, 0.1) is 5.92 Å². The standard InChI is InChI=1S/C26H35N5O4/c1-17-14-31(18(2)16-32)25(33)22-12-20(19-8-10-27-11-9-19)13-28-24(22)35-23(17)15-30(3)26(34)29-21-6-4-5-7-21/h8-13,17-18,21,23,32H,4-7,14-16H2,1-3H3,(H,29,34)/t17-,18+,23+/m0/s1. The molecule has 0 bridgehead atoms. The van der Waals surface area contributed by atoms with Crippen LogP contribution in [0.4, 0.5) is 4.79 Å². The summed E-state index contributed by atoms with van der Waals surface area (Å²) in [5, 5.41) is 13.0. The number of fused-ring (bicyclic) bond motifs is 1. The minimum absolute atomic E-state index is 0.0931. The van der Waals surface area contributed by atoms with Gasteiger partial charge in [0, 0.05) is 49.7 Å². The van der Waals surface area contributed by atoms with Crippen LogP contribution in [0.1, 0.15) is 49.9 Å². The Bertz CT molecular complexity index is 1030. The average Bonchev–Trinajstić information content (AvgIpc) is 3.39. The maximum absolute atomic E-state index is 13.6. The molecule has 1 aliphatic heterocycles. The van der Waals surface area contributed by atoms with Gasteiger partial charge in [0.25, 0.3) is 5.91 Å². The molecular weight excluding hydrogens is 446 g/mol. The molecule has 9 heteroatoms. The van der Waals surface area contributed by atoms with E-state index in [1.807, 2.05) is 26.0 Å². The molecule has 4 rings (SSSR count). The number of hydrogen-bond acceptors (Lipinski definition) is 6. The molecule has 0 unspecified atom stereocenters. The van der Waals surface area contributed by atoms with E-state index in [0.29, 0.717) is 18.7 Å². The Labute approximate surface area is 206 Å². The lowest BCUT2D eigenvalue weighted by Crippen LogP contribution is -2.52. The van der Waals surface area contributed by atoms with Crippen molar-refractivity contribution in [1.82, 2.24) is 25.1 Å². The molecule has 1 aliphatic carbocycles. The van der Waals surface area contributed by atoms with Crippen LogP contribution < -0.4 is 10.1 Å². The summed E-state index contributed by atoms with van der Waals surface area (Å²) in [6.07, 6.45) is 9.01. The fourth-order valence-electron chi connectivity index (χ4n) is 4.73. The highest BCUT2D eigenvalue weighted by atomic mass is 16.5. The molecule has 2 N–H and O–H groups in total. The number of likely N-dealkylation sites (N-methyl/N-ethyl adjacent to an activating group) is 1. The highest BCUT2D eigenvalue weighted by Gasteiger charge is 2.35. The number of aromatic nitrogens is 2. The van der Waals surface area contributed by atoms with Gasteiger partial charge in [-0.15, -0.1) is 0 Å². The predicted molar refractivity (Wildman–Crippen MR) is 132 cm³/mol. The second-order valence-electron chi connectivity index (χ2n) is 9.75. The fourth-order valence-corrected chi connectivity index (χ4v) is 4.73. The molecule has 0 aromatic carbocycles. The smallest absolute Gasteiger partial charge is 0.317 e. The van der Waals surface area contributed by atoms with E-state index in [2.05, 4.69) is 15.3 Å². The summed E-state index contributed by atoms with van der Waals surface area (Å²) < 4.78 is 6.31. The molecule has 0 spiro atoms. The molecular formula is C26H35N5O4. The van der Waals surface area contributed by atoms with Gasteiger partial charge in [0.1, 0.15) is 11.7 Å². The summed E-state index contributed by atoms with van der Waals surface area (Å²) in [5.74, 6) is -0.0869. The number of aliphatic hydroxyl groups excluding tert-OH is 1. The van der Waals surface area contributed by atoms with Gasteiger partial charge in [-0.1, -0.05) is 19.8 Å². The molecule has 35 heavy (non-hydrogen) atoms. The van der Waals surface area contributed by atoms with Gasteiger partial charge in [-0.2, -0.15) is 0 Å². The van der Waals surface area contributed by atoms with Crippen molar-refractivity contribution >= 4 is 11.9 Å². The van der Waals surface area contributed by atoms with Gasteiger partial charge in [-0.25, -0.2) is 9.78 Å². The zero-order valence-corrected chi connectivity index (χ0v) is 20.7. The van der Waals surface area contributed by atoms with Crippen molar-refractivity contribution in [3.05, 3.63) is 42.4 Å². The van der Waals surface area contributed by atoms with Crippen molar-refractivity contribution in [3.8, 4) is 17.0 Å². The molecule has 9 nitrogen and oxygen atoms in total. The maximum Gasteiger partial charge on any atom is 0.317 e. The summed E-state index contributed by atoms with van der Waals surface area (Å²) >= 11 is 0. The van der Waals surface area contributed by atoms with Gasteiger partial charge in [0.05, 0.1) is 19.2 Å². The number of carbonyl (C=O) groups is 2. The first-order valence-electron chi connectivity index (χ1n) is 12.4. The quantitative estimate of drug-likeness (QED) is 0.657. The molecule has 1 saturated carbocycles. The Balaban J connectivity index is 1.61. The SMILES string of the molecule is C[C@H](CO)N1C[C@H](C)[C@@H](CN(C)C(=O)NC2CCCC2)Oc2ncc(-c3ccncc3)cc2C1=O. The highest BCUT2D eigenvalue weighted by molar-refractivity contribution is 5.98. The van der Waals surface area contributed by atoms with E-state index in [4.69, 9.17) is 4.74 Å². The number of aliphatic hydroxyl groups is 1. The molecule has 3 atom stereocenters. The summed E-state index contributed by atoms with van der Waals surface area (Å²) in [5.41, 5.74) is 2.01. The number of hydrogen-bond donors (Lipinski definition) is 2. The van der Waals surface area contributed by atoms with Gasteiger partial charge in [0.15, 0.2) is 0 Å². The number of pyridine rings is 2. The Kier molecular flexibility index (Phi) is 7.85. The molecule has 3 amide bonds.